The molecule has 2 fully saturated rings. The summed E-state index contributed by atoms with van der Waals surface area (Å²) in [6, 6.07) is 9.75. The highest BCUT2D eigenvalue weighted by molar-refractivity contribution is 5.98. The first-order chi connectivity index (χ1) is 16.9. The molecule has 4 rings (SSSR count). The number of aliphatic hydroxyl groups is 1. The SMILES string of the molecule is O=C(N[C@@H](CO)C(=O)N1CCN(c2ccc(F)cc2)CC1)c1cc(O)cc(CN2CCOCC2)c1. The van der Waals surface area contributed by atoms with Crippen molar-refractivity contribution in [3.8, 4) is 5.75 Å². The minimum atomic E-state index is -1.09. The first kappa shape index (κ1) is 24.9. The number of ether oxygens (including phenoxy) is 1. The fraction of sp³-hybridized carbons (Fsp3) is 0.440. The molecule has 188 valence electrons. The maximum atomic E-state index is 13.2. The topological polar surface area (TPSA) is 106 Å². The van der Waals surface area contributed by atoms with Gasteiger partial charge < -0.3 is 30.1 Å². The molecular formula is C25H31FN4O5. The van der Waals surface area contributed by atoms with Gasteiger partial charge in [-0.1, -0.05) is 0 Å². The maximum Gasteiger partial charge on any atom is 0.252 e. The molecule has 0 bridgehead atoms. The predicted molar refractivity (Wildman–Crippen MR) is 128 cm³/mol. The van der Waals surface area contributed by atoms with Gasteiger partial charge in [0, 0.05) is 57.1 Å². The molecular weight excluding hydrogens is 455 g/mol. The van der Waals surface area contributed by atoms with E-state index in [1.54, 1.807) is 29.2 Å². The van der Waals surface area contributed by atoms with Crippen LogP contribution in [0.4, 0.5) is 10.1 Å². The van der Waals surface area contributed by atoms with Crippen LogP contribution in [0.1, 0.15) is 15.9 Å². The molecule has 0 spiro atoms. The Balaban J connectivity index is 1.35. The molecule has 0 aromatic heterocycles. The highest BCUT2D eigenvalue weighted by atomic mass is 19.1. The van der Waals surface area contributed by atoms with Crippen LogP contribution in [0.25, 0.3) is 0 Å². The Morgan fingerprint density at radius 1 is 1.00 bits per heavy atom. The number of hydrogen-bond acceptors (Lipinski definition) is 7. The van der Waals surface area contributed by atoms with Gasteiger partial charge in [0.05, 0.1) is 19.8 Å². The van der Waals surface area contributed by atoms with Crippen molar-refractivity contribution >= 4 is 17.5 Å². The summed E-state index contributed by atoms with van der Waals surface area (Å²) in [5.41, 5.74) is 1.88. The molecule has 10 heteroatoms. The Morgan fingerprint density at radius 3 is 2.34 bits per heavy atom. The van der Waals surface area contributed by atoms with E-state index in [1.807, 2.05) is 0 Å². The first-order valence-corrected chi connectivity index (χ1v) is 11.8. The number of halogens is 1. The van der Waals surface area contributed by atoms with Gasteiger partial charge in [0.15, 0.2) is 0 Å². The number of aromatic hydroxyl groups is 1. The minimum Gasteiger partial charge on any atom is -0.508 e. The molecule has 2 aliphatic rings. The third-order valence-corrected chi connectivity index (χ3v) is 6.32. The highest BCUT2D eigenvalue weighted by Crippen LogP contribution is 2.19. The van der Waals surface area contributed by atoms with E-state index in [-0.39, 0.29) is 23.0 Å². The van der Waals surface area contributed by atoms with Crippen LogP contribution in [0.5, 0.6) is 5.75 Å². The van der Waals surface area contributed by atoms with E-state index < -0.39 is 18.6 Å². The Kier molecular flexibility index (Phi) is 8.17. The number of morpholine rings is 1. The fourth-order valence-electron chi connectivity index (χ4n) is 4.40. The Labute approximate surface area is 203 Å². The molecule has 0 saturated carbocycles. The van der Waals surface area contributed by atoms with E-state index in [0.29, 0.717) is 45.9 Å². The lowest BCUT2D eigenvalue weighted by Gasteiger charge is -2.37. The molecule has 1 atom stereocenters. The number of aliphatic hydroxyl groups excluding tert-OH is 1. The summed E-state index contributed by atoms with van der Waals surface area (Å²) in [7, 11) is 0. The predicted octanol–water partition coefficient (Wildman–Crippen LogP) is 0.803. The number of phenols is 1. The number of hydrogen-bond donors (Lipinski definition) is 3. The number of phenolic OH excluding ortho intramolecular Hbond substituents is 1. The van der Waals surface area contributed by atoms with Crippen LogP contribution in [0.15, 0.2) is 42.5 Å². The number of rotatable bonds is 7. The van der Waals surface area contributed by atoms with Gasteiger partial charge in [-0.15, -0.1) is 0 Å². The monoisotopic (exact) mass is 486 g/mol. The highest BCUT2D eigenvalue weighted by Gasteiger charge is 2.29. The lowest BCUT2D eigenvalue weighted by Crippen LogP contribution is -2.56. The molecule has 0 unspecified atom stereocenters. The standard InChI is InChI=1S/C25H31FN4O5/c26-20-1-3-21(4-2-20)29-5-7-30(8-6-29)25(34)23(17-31)27-24(33)19-13-18(14-22(32)15-19)16-28-9-11-35-12-10-28/h1-4,13-15,23,31-32H,5-12,16-17H2,(H,27,33)/t23-/m0/s1. The van der Waals surface area contributed by atoms with Gasteiger partial charge in [-0.25, -0.2) is 4.39 Å². The van der Waals surface area contributed by atoms with Crippen molar-refractivity contribution in [2.75, 3.05) is 64.0 Å². The third-order valence-electron chi connectivity index (χ3n) is 6.32. The number of benzene rings is 2. The average Bonchev–Trinajstić information content (AvgIpc) is 2.87. The van der Waals surface area contributed by atoms with Gasteiger partial charge >= 0.3 is 0 Å². The van der Waals surface area contributed by atoms with Gasteiger partial charge in [0.2, 0.25) is 5.91 Å². The molecule has 2 aromatic carbocycles. The zero-order valence-corrected chi connectivity index (χ0v) is 19.5. The molecule has 2 heterocycles. The van der Waals surface area contributed by atoms with Crippen LogP contribution in [0.2, 0.25) is 0 Å². The fourth-order valence-corrected chi connectivity index (χ4v) is 4.40. The summed E-state index contributed by atoms with van der Waals surface area (Å²) in [4.78, 5) is 31.7. The zero-order chi connectivity index (χ0) is 24.8. The molecule has 2 aromatic rings. The number of anilines is 1. The van der Waals surface area contributed by atoms with Gasteiger partial charge in [0.1, 0.15) is 17.6 Å². The third kappa shape index (κ3) is 6.47. The van der Waals surface area contributed by atoms with Crippen molar-refractivity contribution in [3.63, 3.8) is 0 Å². The van der Waals surface area contributed by atoms with Crippen molar-refractivity contribution in [2.45, 2.75) is 12.6 Å². The molecule has 35 heavy (non-hydrogen) atoms. The van der Waals surface area contributed by atoms with Crippen LogP contribution in [-0.2, 0) is 16.1 Å². The van der Waals surface area contributed by atoms with Gasteiger partial charge in [-0.05, 0) is 48.0 Å². The number of nitrogens with zero attached hydrogens (tertiary/aromatic N) is 3. The van der Waals surface area contributed by atoms with E-state index in [4.69, 9.17) is 4.74 Å². The number of carbonyl (C=O) groups excluding carboxylic acids is 2. The Morgan fingerprint density at radius 2 is 1.69 bits per heavy atom. The Hall–Kier alpha value is -3.21. The van der Waals surface area contributed by atoms with E-state index in [0.717, 1.165) is 24.3 Å². The lowest BCUT2D eigenvalue weighted by atomic mass is 10.1. The normalized spacial score (nSPS) is 17.8. The second kappa shape index (κ2) is 11.5. The molecule has 2 amide bonds. The molecule has 0 aliphatic carbocycles. The summed E-state index contributed by atoms with van der Waals surface area (Å²) in [5.74, 6) is -1.25. The second-order valence-corrected chi connectivity index (χ2v) is 8.77. The average molecular weight is 487 g/mol. The van der Waals surface area contributed by atoms with E-state index in [2.05, 4.69) is 15.1 Å². The van der Waals surface area contributed by atoms with E-state index in [9.17, 15) is 24.2 Å². The van der Waals surface area contributed by atoms with Crippen LogP contribution < -0.4 is 10.2 Å². The summed E-state index contributed by atoms with van der Waals surface area (Å²) in [6.45, 7) is 4.80. The van der Waals surface area contributed by atoms with Crippen molar-refractivity contribution in [2.24, 2.45) is 0 Å². The largest absolute Gasteiger partial charge is 0.508 e. The van der Waals surface area contributed by atoms with Crippen LogP contribution in [0, 0.1) is 5.82 Å². The van der Waals surface area contributed by atoms with E-state index >= 15 is 0 Å². The van der Waals surface area contributed by atoms with Crippen molar-refractivity contribution in [1.82, 2.24) is 15.1 Å². The molecule has 2 saturated heterocycles. The molecule has 9 nitrogen and oxygen atoms in total. The maximum absolute atomic E-state index is 13.2. The van der Waals surface area contributed by atoms with E-state index in [1.165, 1.54) is 18.2 Å². The number of amides is 2. The number of piperazine rings is 1. The van der Waals surface area contributed by atoms with Crippen LogP contribution in [-0.4, -0.2) is 97.0 Å². The van der Waals surface area contributed by atoms with Gasteiger partial charge in [-0.2, -0.15) is 0 Å². The molecule has 2 aliphatic heterocycles. The smallest absolute Gasteiger partial charge is 0.252 e. The van der Waals surface area contributed by atoms with Crippen molar-refractivity contribution < 1.29 is 28.9 Å². The van der Waals surface area contributed by atoms with Gasteiger partial charge in [0.25, 0.3) is 5.91 Å². The summed E-state index contributed by atoms with van der Waals surface area (Å²) in [6.07, 6.45) is 0. The van der Waals surface area contributed by atoms with Crippen molar-refractivity contribution in [3.05, 3.63) is 59.4 Å². The zero-order valence-electron chi connectivity index (χ0n) is 19.5. The van der Waals surface area contributed by atoms with Crippen molar-refractivity contribution in [1.29, 1.82) is 0 Å². The second-order valence-electron chi connectivity index (χ2n) is 8.77. The van der Waals surface area contributed by atoms with Gasteiger partial charge in [-0.3, -0.25) is 14.5 Å². The number of carbonyl (C=O) groups is 2. The summed E-state index contributed by atoms with van der Waals surface area (Å²) >= 11 is 0. The molecule has 3 N–H and O–H groups in total. The van der Waals surface area contributed by atoms with Crippen LogP contribution >= 0.6 is 0 Å². The minimum absolute atomic E-state index is 0.0373. The summed E-state index contributed by atoms with van der Waals surface area (Å²) in [5, 5.41) is 22.6. The first-order valence-electron chi connectivity index (χ1n) is 11.8. The summed E-state index contributed by atoms with van der Waals surface area (Å²) < 4.78 is 18.5. The Bertz CT molecular complexity index is 1020. The lowest BCUT2D eigenvalue weighted by molar-refractivity contribution is -0.134. The van der Waals surface area contributed by atoms with Crippen LogP contribution in [0.3, 0.4) is 0 Å². The quantitative estimate of drug-likeness (QED) is 0.532. The molecule has 0 radical (unpaired) electrons. The number of nitrogens with one attached hydrogen (secondary N) is 1.